The molecule has 0 atom stereocenters. The third-order valence-electron chi connectivity index (χ3n) is 1.15. The molecule has 0 aromatic carbocycles. The number of hydrogen-bond donors (Lipinski definition) is 1. The molecule has 4 heteroatoms. The van der Waals surface area contributed by atoms with Crippen molar-refractivity contribution in [3.8, 4) is 0 Å². The summed E-state index contributed by atoms with van der Waals surface area (Å²) in [6, 6.07) is 0. The first-order chi connectivity index (χ1) is 5.70. The SMILES string of the molecule is CC(C)OC(=N)c1cnccn1. The van der Waals surface area contributed by atoms with Crippen LogP contribution in [0.4, 0.5) is 0 Å². The summed E-state index contributed by atoms with van der Waals surface area (Å²) in [4.78, 5) is 7.75. The molecule has 1 aromatic rings. The number of nitrogens with one attached hydrogen (secondary N) is 1. The van der Waals surface area contributed by atoms with E-state index < -0.39 is 0 Å². The van der Waals surface area contributed by atoms with Crippen LogP contribution in [0.15, 0.2) is 18.6 Å². The van der Waals surface area contributed by atoms with Crippen molar-refractivity contribution in [1.29, 1.82) is 5.41 Å². The zero-order valence-electron chi connectivity index (χ0n) is 7.11. The van der Waals surface area contributed by atoms with Gasteiger partial charge in [-0.25, -0.2) is 4.98 Å². The fourth-order valence-electron chi connectivity index (χ4n) is 0.712. The number of ether oxygens (including phenoxy) is 1. The van der Waals surface area contributed by atoms with E-state index in [2.05, 4.69) is 9.97 Å². The Morgan fingerprint density at radius 1 is 1.50 bits per heavy atom. The monoisotopic (exact) mass is 165 g/mol. The van der Waals surface area contributed by atoms with E-state index in [1.807, 2.05) is 13.8 Å². The van der Waals surface area contributed by atoms with E-state index in [9.17, 15) is 0 Å². The summed E-state index contributed by atoms with van der Waals surface area (Å²) in [6.45, 7) is 3.73. The summed E-state index contributed by atoms with van der Waals surface area (Å²) in [5.74, 6) is 0.0677. The lowest BCUT2D eigenvalue weighted by atomic mass is 10.4. The molecule has 1 N–H and O–H groups in total. The lowest BCUT2D eigenvalue weighted by Crippen LogP contribution is -2.13. The van der Waals surface area contributed by atoms with Crippen molar-refractivity contribution < 1.29 is 4.74 Å². The summed E-state index contributed by atoms with van der Waals surface area (Å²) in [6.07, 6.45) is 4.60. The van der Waals surface area contributed by atoms with Crippen molar-refractivity contribution in [3.63, 3.8) is 0 Å². The van der Waals surface area contributed by atoms with Crippen LogP contribution >= 0.6 is 0 Å². The predicted octanol–water partition coefficient (Wildman–Crippen LogP) is 1.23. The van der Waals surface area contributed by atoms with Gasteiger partial charge in [-0.2, -0.15) is 0 Å². The molecule has 64 valence electrons. The van der Waals surface area contributed by atoms with Gasteiger partial charge in [0.1, 0.15) is 5.69 Å². The largest absolute Gasteiger partial charge is 0.474 e. The average Bonchev–Trinajstić information content (AvgIpc) is 2.05. The zero-order chi connectivity index (χ0) is 8.97. The quantitative estimate of drug-likeness (QED) is 0.529. The fourth-order valence-corrected chi connectivity index (χ4v) is 0.712. The lowest BCUT2D eigenvalue weighted by molar-refractivity contribution is 0.226. The molecule has 0 aliphatic carbocycles. The van der Waals surface area contributed by atoms with Crippen LogP contribution in [0.5, 0.6) is 0 Å². The molecule has 1 rings (SSSR count). The van der Waals surface area contributed by atoms with Gasteiger partial charge in [-0.1, -0.05) is 0 Å². The Morgan fingerprint density at radius 2 is 2.25 bits per heavy atom. The van der Waals surface area contributed by atoms with Gasteiger partial charge in [0.25, 0.3) is 0 Å². The molecule has 0 spiro atoms. The lowest BCUT2D eigenvalue weighted by Gasteiger charge is -2.08. The van der Waals surface area contributed by atoms with Crippen LogP contribution in [-0.4, -0.2) is 22.0 Å². The first-order valence-electron chi connectivity index (χ1n) is 3.71. The van der Waals surface area contributed by atoms with Crippen LogP contribution < -0.4 is 0 Å². The van der Waals surface area contributed by atoms with Gasteiger partial charge in [-0.3, -0.25) is 10.4 Å². The molecular weight excluding hydrogens is 154 g/mol. The number of hydrogen-bond acceptors (Lipinski definition) is 4. The van der Waals surface area contributed by atoms with E-state index in [1.54, 1.807) is 6.20 Å². The second-order valence-corrected chi connectivity index (χ2v) is 2.59. The Hall–Kier alpha value is -1.45. The second kappa shape index (κ2) is 3.80. The maximum Gasteiger partial charge on any atom is 0.234 e. The normalized spacial score (nSPS) is 9.92. The van der Waals surface area contributed by atoms with Gasteiger partial charge < -0.3 is 4.74 Å². The summed E-state index contributed by atoms with van der Waals surface area (Å²) >= 11 is 0. The molecule has 0 fully saturated rings. The maximum absolute atomic E-state index is 7.44. The number of nitrogens with zero attached hydrogens (tertiary/aromatic N) is 2. The van der Waals surface area contributed by atoms with Crippen LogP contribution in [0, 0.1) is 5.41 Å². The van der Waals surface area contributed by atoms with E-state index in [0.29, 0.717) is 5.69 Å². The van der Waals surface area contributed by atoms with Gasteiger partial charge in [0, 0.05) is 12.4 Å². The highest BCUT2D eigenvalue weighted by atomic mass is 16.5. The average molecular weight is 165 g/mol. The molecular formula is C8H11N3O. The molecule has 0 aliphatic heterocycles. The van der Waals surface area contributed by atoms with E-state index in [4.69, 9.17) is 10.1 Å². The predicted molar refractivity (Wildman–Crippen MR) is 45.1 cm³/mol. The Bertz CT molecular complexity index is 258. The Labute approximate surface area is 71.1 Å². The van der Waals surface area contributed by atoms with E-state index in [0.717, 1.165) is 0 Å². The van der Waals surface area contributed by atoms with Crippen LogP contribution in [0.1, 0.15) is 19.5 Å². The van der Waals surface area contributed by atoms with Gasteiger partial charge in [0.15, 0.2) is 0 Å². The van der Waals surface area contributed by atoms with Crippen LogP contribution in [0.3, 0.4) is 0 Å². The van der Waals surface area contributed by atoms with Crippen LogP contribution in [0.25, 0.3) is 0 Å². The van der Waals surface area contributed by atoms with Gasteiger partial charge in [0.05, 0.1) is 12.3 Å². The first-order valence-corrected chi connectivity index (χ1v) is 3.71. The Kier molecular flexibility index (Phi) is 2.74. The molecule has 0 saturated heterocycles. The van der Waals surface area contributed by atoms with Crippen molar-refractivity contribution in [2.45, 2.75) is 20.0 Å². The highest BCUT2D eigenvalue weighted by molar-refractivity contribution is 5.89. The Morgan fingerprint density at radius 3 is 2.75 bits per heavy atom. The van der Waals surface area contributed by atoms with Crippen LogP contribution in [-0.2, 0) is 4.74 Å². The van der Waals surface area contributed by atoms with Crippen molar-refractivity contribution in [2.24, 2.45) is 0 Å². The van der Waals surface area contributed by atoms with Crippen molar-refractivity contribution in [1.82, 2.24) is 9.97 Å². The van der Waals surface area contributed by atoms with E-state index in [1.165, 1.54) is 12.4 Å². The Balaban J connectivity index is 2.66. The molecule has 0 amide bonds. The molecule has 0 saturated carbocycles. The first kappa shape index (κ1) is 8.64. The highest BCUT2D eigenvalue weighted by Crippen LogP contribution is 1.97. The number of aromatic nitrogens is 2. The van der Waals surface area contributed by atoms with E-state index >= 15 is 0 Å². The van der Waals surface area contributed by atoms with Gasteiger partial charge in [-0.05, 0) is 13.8 Å². The summed E-state index contributed by atoms with van der Waals surface area (Å²) in [5.41, 5.74) is 0.464. The van der Waals surface area contributed by atoms with E-state index in [-0.39, 0.29) is 12.0 Å². The van der Waals surface area contributed by atoms with Crippen molar-refractivity contribution in [3.05, 3.63) is 24.3 Å². The maximum atomic E-state index is 7.44. The highest BCUT2D eigenvalue weighted by Gasteiger charge is 2.04. The smallest absolute Gasteiger partial charge is 0.234 e. The van der Waals surface area contributed by atoms with Gasteiger partial charge in [-0.15, -0.1) is 0 Å². The van der Waals surface area contributed by atoms with Gasteiger partial charge >= 0.3 is 0 Å². The molecule has 4 nitrogen and oxygen atoms in total. The molecule has 0 unspecified atom stereocenters. The number of rotatable bonds is 2. The zero-order valence-corrected chi connectivity index (χ0v) is 7.11. The van der Waals surface area contributed by atoms with Crippen LogP contribution in [0.2, 0.25) is 0 Å². The van der Waals surface area contributed by atoms with Crippen molar-refractivity contribution in [2.75, 3.05) is 0 Å². The minimum atomic E-state index is -0.000457. The van der Waals surface area contributed by atoms with Gasteiger partial charge in [0.2, 0.25) is 5.90 Å². The molecule has 0 radical (unpaired) electrons. The summed E-state index contributed by atoms with van der Waals surface area (Å²) in [7, 11) is 0. The molecule has 1 heterocycles. The topological polar surface area (TPSA) is 58.9 Å². The van der Waals surface area contributed by atoms with Crippen molar-refractivity contribution >= 4 is 5.90 Å². The standard InChI is InChI=1S/C8H11N3O/c1-6(2)12-8(9)7-5-10-3-4-11-7/h3-6,9H,1-2H3. The minimum absolute atomic E-state index is 0.000457. The fraction of sp³-hybridized carbons (Fsp3) is 0.375. The molecule has 1 aromatic heterocycles. The minimum Gasteiger partial charge on any atom is -0.474 e. The second-order valence-electron chi connectivity index (χ2n) is 2.59. The summed E-state index contributed by atoms with van der Waals surface area (Å²) < 4.78 is 5.12. The molecule has 0 bridgehead atoms. The third kappa shape index (κ3) is 2.30. The molecule has 12 heavy (non-hydrogen) atoms. The molecule has 0 aliphatic rings. The third-order valence-corrected chi connectivity index (χ3v) is 1.15. The summed E-state index contributed by atoms with van der Waals surface area (Å²) in [5, 5.41) is 7.44.